The summed E-state index contributed by atoms with van der Waals surface area (Å²) in [6.45, 7) is 0. The monoisotopic (exact) mass is 493 g/mol. The number of benzene rings is 2. The SMILES string of the molecule is NS(=O)(=O)c1cccc(NC(=O)Oc2cnn3c(C(F)F)cc(-c4ccc(Cl)cc4)nc23)c1. The van der Waals surface area contributed by atoms with Crippen molar-refractivity contribution in [1.29, 1.82) is 0 Å². The van der Waals surface area contributed by atoms with Crippen LogP contribution in [0.2, 0.25) is 5.02 Å². The van der Waals surface area contributed by atoms with Crippen LogP contribution in [0.15, 0.2) is 65.7 Å². The highest BCUT2D eigenvalue weighted by atomic mass is 35.5. The maximum Gasteiger partial charge on any atom is 0.417 e. The molecule has 170 valence electrons. The number of halogens is 3. The van der Waals surface area contributed by atoms with Crippen molar-refractivity contribution in [1.82, 2.24) is 14.6 Å². The Bertz CT molecular complexity index is 1460. The third-order valence-corrected chi connectivity index (χ3v) is 5.61. The fourth-order valence-corrected chi connectivity index (χ4v) is 3.64. The van der Waals surface area contributed by atoms with E-state index in [0.717, 1.165) is 16.8 Å². The Kier molecular flexibility index (Phi) is 5.97. The van der Waals surface area contributed by atoms with Gasteiger partial charge in [-0.15, -0.1) is 0 Å². The highest BCUT2D eigenvalue weighted by molar-refractivity contribution is 7.89. The molecule has 1 amide bonds. The van der Waals surface area contributed by atoms with Crippen molar-refractivity contribution >= 4 is 39.1 Å². The van der Waals surface area contributed by atoms with E-state index in [0.29, 0.717) is 10.6 Å². The van der Waals surface area contributed by atoms with E-state index in [9.17, 15) is 22.0 Å². The van der Waals surface area contributed by atoms with Crippen molar-refractivity contribution in [2.75, 3.05) is 5.32 Å². The molecule has 0 saturated heterocycles. The van der Waals surface area contributed by atoms with Crippen molar-refractivity contribution in [2.24, 2.45) is 5.14 Å². The van der Waals surface area contributed by atoms with Crippen LogP contribution in [0, 0.1) is 0 Å². The van der Waals surface area contributed by atoms with Gasteiger partial charge in [0.25, 0.3) is 6.43 Å². The number of rotatable bonds is 5. The first-order valence-corrected chi connectivity index (χ1v) is 11.1. The number of carbonyl (C=O) groups is 1. The van der Waals surface area contributed by atoms with E-state index in [1.807, 2.05) is 0 Å². The van der Waals surface area contributed by atoms with Crippen LogP contribution in [-0.4, -0.2) is 29.1 Å². The predicted molar refractivity (Wildman–Crippen MR) is 116 cm³/mol. The van der Waals surface area contributed by atoms with E-state index in [1.165, 1.54) is 24.3 Å². The Morgan fingerprint density at radius 2 is 1.88 bits per heavy atom. The molecular formula is C20H14ClF2N5O4S. The lowest BCUT2D eigenvalue weighted by Crippen LogP contribution is -2.18. The number of anilines is 1. The van der Waals surface area contributed by atoms with E-state index in [-0.39, 0.29) is 27.7 Å². The molecule has 4 aromatic rings. The van der Waals surface area contributed by atoms with Crippen LogP contribution < -0.4 is 15.2 Å². The van der Waals surface area contributed by atoms with Crippen LogP contribution >= 0.6 is 11.6 Å². The molecule has 2 aromatic carbocycles. The number of amides is 1. The molecule has 13 heteroatoms. The molecule has 9 nitrogen and oxygen atoms in total. The molecule has 0 bridgehead atoms. The minimum atomic E-state index is -3.98. The van der Waals surface area contributed by atoms with Gasteiger partial charge in [-0.2, -0.15) is 5.10 Å². The number of ether oxygens (including phenoxy) is 1. The van der Waals surface area contributed by atoms with Gasteiger partial charge in [0.05, 0.1) is 16.8 Å². The number of primary sulfonamides is 1. The second-order valence-corrected chi connectivity index (χ2v) is 8.70. The average Bonchev–Trinajstić information content (AvgIpc) is 3.15. The number of alkyl halides is 2. The van der Waals surface area contributed by atoms with Crippen LogP contribution in [0.1, 0.15) is 12.1 Å². The zero-order valence-electron chi connectivity index (χ0n) is 16.4. The molecule has 0 aliphatic rings. The molecule has 0 saturated carbocycles. The van der Waals surface area contributed by atoms with Crippen molar-refractivity contribution in [3.63, 3.8) is 0 Å². The Morgan fingerprint density at radius 3 is 2.55 bits per heavy atom. The quantitative estimate of drug-likeness (QED) is 0.427. The van der Waals surface area contributed by atoms with Gasteiger partial charge in [0, 0.05) is 16.3 Å². The van der Waals surface area contributed by atoms with Crippen molar-refractivity contribution in [3.8, 4) is 17.0 Å². The number of sulfonamides is 1. The van der Waals surface area contributed by atoms with Gasteiger partial charge in [-0.3, -0.25) is 5.32 Å². The molecule has 0 radical (unpaired) electrons. The smallest absolute Gasteiger partial charge is 0.404 e. The molecule has 4 rings (SSSR count). The van der Waals surface area contributed by atoms with E-state index in [1.54, 1.807) is 24.3 Å². The Hall–Kier alpha value is -3.61. The average molecular weight is 494 g/mol. The van der Waals surface area contributed by atoms with Gasteiger partial charge < -0.3 is 4.74 Å². The van der Waals surface area contributed by atoms with Gasteiger partial charge >= 0.3 is 6.09 Å². The van der Waals surface area contributed by atoms with Crippen molar-refractivity contribution < 1.29 is 26.7 Å². The summed E-state index contributed by atoms with van der Waals surface area (Å²) in [7, 11) is -3.98. The summed E-state index contributed by atoms with van der Waals surface area (Å²) >= 11 is 5.88. The first-order valence-electron chi connectivity index (χ1n) is 9.16. The molecule has 33 heavy (non-hydrogen) atoms. The van der Waals surface area contributed by atoms with Crippen LogP contribution in [0.5, 0.6) is 5.75 Å². The van der Waals surface area contributed by atoms with E-state index in [4.69, 9.17) is 21.5 Å². The number of nitrogens with one attached hydrogen (secondary N) is 1. The fourth-order valence-electron chi connectivity index (χ4n) is 2.96. The maximum atomic E-state index is 13.7. The molecule has 0 fully saturated rings. The summed E-state index contributed by atoms with van der Waals surface area (Å²) in [6, 6.07) is 12.7. The minimum absolute atomic E-state index is 0.0890. The van der Waals surface area contributed by atoms with Gasteiger partial charge in [-0.1, -0.05) is 29.8 Å². The third-order valence-electron chi connectivity index (χ3n) is 4.44. The zero-order chi connectivity index (χ0) is 23.8. The predicted octanol–water partition coefficient (Wildman–Crippen LogP) is 4.25. The molecule has 2 heterocycles. The van der Waals surface area contributed by atoms with Gasteiger partial charge in [-0.25, -0.2) is 36.6 Å². The number of fused-ring (bicyclic) bond motifs is 1. The molecule has 0 atom stereocenters. The number of hydrogen-bond acceptors (Lipinski definition) is 6. The summed E-state index contributed by atoms with van der Waals surface area (Å²) in [6.07, 6.45) is -2.84. The Morgan fingerprint density at radius 1 is 1.15 bits per heavy atom. The lowest BCUT2D eigenvalue weighted by Gasteiger charge is -2.09. The summed E-state index contributed by atoms with van der Waals surface area (Å²) in [5.41, 5.74) is 0.222. The van der Waals surface area contributed by atoms with Gasteiger partial charge in [-0.05, 0) is 36.4 Å². The number of aromatic nitrogens is 3. The Balaban J connectivity index is 1.67. The standard InChI is InChI=1S/C20H14ClF2N5O4S/c21-12-6-4-11(5-7-12)15-9-16(18(22)23)28-19(27-15)17(10-25-28)32-20(29)26-13-2-1-3-14(8-13)33(24,30)31/h1-10,18H,(H,26,29)(H2,24,30,31). The van der Waals surface area contributed by atoms with Gasteiger partial charge in [0.2, 0.25) is 10.0 Å². The summed E-state index contributed by atoms with van der Waals surface area (Å²) in [5, 5.41) is 11.7. The number of carbonyl (C=O) groups excluding carboxylic acids is 1. The topological polar surface area (TPSA) is 129 Å². The van der Waals surface area contributed by atoms with Gasteiger partial charge in [0.1, 0.15) is 5.69 Å². The molecule has 2 aromatic heterocycles. The lowest BCUT2D eigenvalue weighted by molar-refractivity contribution is 0.143. The highest BCUT2D eigenvalue weighted by Crippen LogP contribution is 2.30. The molecule has 3 N–H and O–H groups in total. The number of nitrogens with zero attached hydrogens (tertiary/aromatic N) is 3. The summed E-state index contributed by atoms with van der Waals surface area (Å²) in [5.74, 6) is -0.187. The minimum Gasteiger partial charge on any atom is -0.404 e. The molecule has 0 aliphatic heterocycles. The number of nitrogens with two attached hydrogens (primary N) is 1. The van der Waals surface area contributed by atoms with Crippen LogP contribution in [0.25, 0.3) is 16.9 Å². The Labute approximate surface area is 190 Å². The van der Waals surface area contributed by atoms with Crippen molar-refractivity contribution in [3.05, 3.63) is 71.5 Å². The van der Waals surface area contributed by atoms with E-state index in [2.05, 4.69) is 15.4 Å². The zero-order valence-corrected chi connectivity index (χ0v) is 18.0. The lowest BCUT2D eigenvalue weighted by atomic mass is 10.1. The molecule has 0 spiro atoms. The van der Waals surface area contributed by atoms with Crippen LogP contribution in [-0.2, 0) is 10.0 Å². The van der Waals surface area contributed by atoms with Crippen molar-refractivity contribution in [2.45, 2.75) is 11.3 Å². The summed E-state index contributed by atoms with van der Waals surface area (Å²) < 4.78 is 56.3. The van der Waals surface area contributed by atoms with Crippen LogP contribution in [0.3, 0.4) is 0 Å². The fraction of sp³-hybridized carbons (Fsp3) is 0.0500. The normalized spacial score (nSPS) is 11.7. The van der Waals surface area contributed by atoms with Crippen LogP contribution in [0.4, 0.5) is 19.3 Å². The maximum absolute atomic E-state index is 13.7. The molecular weight excluding hydrogens is 480 g/mol. The molecule has 0 aliphatic carbocycles. The third kappa shape index (κ3) is 4.92. The highest BCUT2D eigenvalue weighted by Gasteiger charge is 2.21. The largest absolute Gasteiger partial charge is 0.417 e. The second kappa shape index (κ2) is 8.73. The van der Waals surface area contributed by atoms with E-state index < -0.39 is 28.2 Å². The van der Waals surface area contributed by atoms with E-state index >= 15 is 0 Å². The van der Waals surface area contributed by atoms with Gasteiger partial charge in [0.15, 0.2) is 11.4 Å². The second-order valence-electron chi connectivity index (χ2n) is 6.71. The first kappa shape index (κ1) is 22.6. The first-order chi connectivity index (χ1) is 15.6. The number of hydrogen-bond donors (Lipinski definition) is 2. The summed E-state index contributed by atoms with van der Waals surface area (Å²) in [4.78, 5) is 16.4. The molecule has 0 unspecified atom stereocenters.